The van der Waals surface area contributed by atoms with Gasteiger partial charge in [0.05, 0.1) is 23.1 Å². The molecule has 1 saturated heterocycles. The summed E-state index contributed by atoms with van der Waals surface area (Å²) in [5, 5.41) is 8.85. The van der Waals surface area contributed by atoms with Crippen LogP contribution in [0, 0.1) is 17.2 Å². The fraction of sp³-hybridized carbons (Fsp3) is 0.385. The van der Waals surface area contributed by atoms with Gasteiger partial charge >= 0.3 is 6.18 Å². The Morgan fingerprint density at radius 2 is 2.15 bits per heavy atom. The van der Waals surface area contributed by atoms with Crippen LogP contribution in [0.1, 0.15) is 17.5 Å². The zero-order valence-corrected chi connectivity index (χ0v) is 10.4. The number of benzene rings is 1. The molecule has 1 aromatic carbocycles. The van der Waals surface area contributed by atoms with Crippen molar-refractivity contribution in [3.63, 3.8) is 0 Å². The van der Waals surface area contributed by atoms with E-state index in [0.717, 1.165) is 6.07 Å². The molecule has 1 aromatic rings. The number of amides is 1. The van der Waals surface area contributed by atoms with Crippen LogP contribution in [0.5, 0.6) is 0 Å². The van der Waals surface area contributed by atoms with Crippen LogP contribution in [0.15, 0.2) is 18.2 Å². The maximum atomic E-state index is 12.7. The van der Waals surface area contributed by atoms with E-state index in [9.17, 15) is 18.0 Å². The summed E-state index contributed by atoms with van der Waals surface area (Å²) < 4.78 is 38.1. The summed E-state index contributed by atoms with van der Waals surface area (Å²) in [6, 6.07) is 4.97. The quantitative estimate of drug-likeness (QED) is 0.901. The van der Waals surface area contributed by atoms with Gasteiger partial charge in [0.1, 0.15) is 0 Å². The SMILES string of the molecule is N#Cc1cc(N2CCC(C(N)=O)C2)ccc1C(F)(F)F. The molecule has 0 spiro atoms. The first-order valence-corrected chi connectivity index (χ1v) is 5.98. The molecule has 7 heteroatoms. The largest absolute Gasteiger partial charge is 0.417 e. The number of primary amides is 1. The molecular formula is C13H12F3N3O. The lowest BCUT2D eigenvalue weighted by atomic mass is 10.1. The summed E-state index contributed by atoms with van der Waals surface area (Å²) in [6.07, 6.45) is -3.98. The Labute approximate surface area is 113 Å². The van der Waals surface area contributed by atoms with E-state index in [2.05, 4.69) is 0 Å². The molecule has 4 nitrogen and oxygen atoms in total. The number of hydrogen-bond acceptors (Lipinski definition) is 3. The lowest BCUT2D eigenvalue weighted by molar-refractivity contribution is -0.137. The van der Waals surface area contributed by atoms with Crippen molar-refractivity contribution in [3.8, 4) is 6.07 Å². The molecular weight excluding hydrogens is 271 g/mol. The molecule has 0 aliphatic carbocycles. The van der Waals surface area contributed by atoms with Gasteiger partial charge in [-0.3, -0.25) is 4.79 Å². The van der Waals surface area contributed by atoms with Gasteiger partial charge in [-0.15, -0.1) is 0 Å². The van der Waals surface area contributed by atoms with E-state index in [0.29, 0.717) is 25.2 Å². The third-order valence-corrected chi connectivity index (χ3v) is 3.38. The number of nitrogens with zero attached hydrogens (tertiary/aromatic N) is 2. The summed E-state index contributed by atoms with van der Waals surface area (Å²) in [5.74, 6) is -0.720. The second kappa shape index (κ2) is 5.04. The molecule has 1 heterocycles. The monoisotopic (exact) mass is 283 g/mol. The standard InChI is InChI=1S/C13H12F3N3O/c14-13(15,16)11-2-1-10(5-9(11)6-17)19-4-3-8(7-19)12(18)20/h1-2,5,8H,3-4,7H2,(H2,18,20). The molecule has 1 fully saturated rings. The van der Waals surface area contributed by atoms with E-state index >= 15 is 0 Å². The minimum atomic E-state index is -4.55. The summed E-state index contributed by atoms with van der Waals surface area (Å²) in [5.41, 5.74) is 4.34. The van der Waals surface area contributed by atoms with Crippen molar-refractivity contribution < 1.29 is 18.0 Å². The van der Waals surface area contributed by atoms with Crippen molar-refractivity contribution in [2.24, 2.45) is 11.7 Å². The second-order valence-corrected chi connectivity index (χ2v) is 4.67. The van der Waals surface area contributed by atoms with E-state index in [1.165, 1.54) is 12.1 Å². The lowest BCUT2D eigenvalue weighted by Crippen LogP contribution is -2.27. The van der Waals surface area contributed by atoms with Crippen molar-refractivity contribution in [3.05, 3.63) is 29.3 Å². The molecule has 0 bridgehead atoms. The van der Waals surface area contributed by atoms with Crippen LogP contribution >= 0.6 is 0 Å². The van der Waals surface area contributed by atoms with Crippen LogP contribution < -0.4 is 10.6 Å². The highest BCUT2D eigenvalue weighted by Crippen LogP contribution is 2.34. The zero-order chi connectivity index (χ0) is 14.9. The van der Waals surface area contributed by atoms with Gasteiger partial charge in [-0.05, 0) is 24.6 Å². The molecule has 0 radical (unpaired) electrons. The molecule has 1 aliphatic heterocycles. The summed E-state index contributed by atoms with van der Waals surface area (Å²) in [6.45, 7) is 0.898. The fourth-order valence-corrected chi connectivity index (χ4v) is 2.30. The highest BCUT2D eigenvalue weighted by Gasteiger charge is 2.34. The number of halogens is 3. The Kier molecular flexibility index (Phi) is 3.57. The van der Waals surface area contributed by atoms with Gasteiger partial charge in [-0.1, -0.05) is 0 Å². The molecule has 1 aliphatic rings. The maximum absolute atomic E-state index is 12.7. The normalized spacial score (nSPS) is 18.9. The number of nitriles is 1. The Hall–Kier alpha value is -2.23. The lowest BCUT2D eigenvalue weighted by Gasteiger charge is -2.19. The smallest absolute Gasteiger partial charge is 0.371 e. The van der Waals surface area contributed by atoms with Gasteiger partial charge in [0.25, 0.3) is 0 Å². The number of alkyl halides is 3. The molecule has 20 heavy (non-hydrogen) atoms. The molecule has 2 N–H and O–H groups in total. The van der Waals surface area contributed by atoms with Gasteiger partial charge in [-0.25, -0.2) is 0 Å². The molecule has 0 saturated carbocycles. The summed E-state index contributed by atoms with van der Waals surface area (Å²) in [4.78, 5) is 12.8. The van der Waals surface area contributed by atoms with E-state index in [4.69, 9.17) is 11.0 Å². The molecule has 1 unspecified atom stereocenters. The molecule has 1 amide bonds. The van der Waals surface area contributed by atoms with Gasteiger partial charge in [0, 0.05) is 18.8 Å². The van der Waals surface area contributed by atoms with Crippen LogP contribution in [-0.4, -0.2) is 19.0 Å². The number of carbonyl (C=O) groups excluding carboxylic acids is 1. The third kappa shape index (κ3) is 2.69. The van der Waals surface area contributed by atoms with Crippen molar-refractivity contribution in [2.45, 2.75) is 12.6 Å². The highest BCUT2D eigenvalue weighted by molar-refractivity contribution is 5.78. The van der Waals surface area contributed by atoms with Crippen molar-refractivity contribution >= 4 is 11.6 Å². The maximum Gasteiger partial charge on any atom is 0.417 e. The van der Waals surface area contributed by atoms with Crippen molar-refractivity contribution in [1.82, 2.24) is 0 Å². The van der Waals surface area contributed by atoms with Gasteiger partial charge in [-0.2, -0.15) is 18.4 Å². The van der Waals surface area contributed by atoms with E-state index in [1.807, 2.05) is 0 Å². The summed E-state index contributed by atoms with van der Waals surface area (Å²) in [7, 11) is 0. The number of rotatable bonds is 2. The Balaban J connectivity index is 2.28. The average Bonchev–Trinajstić information content (AvgIpc) is 2.86. The van der Waals surface area contributed by atoms with Gasteiger partial charge in [0.15, 0.2) is 0 Å². The molecule has 106 valence electrons. The van der Waals surface area contributed by atoms with Crippen molar-refractivity contribution in [2.75, 3.05) is 18.0 Å². The average molecular weight is 283 g/mol. The number of anilines is 1. The predicted octanol–water partition coefficient (Wildman–Crippen LogP) is 1.89. The first-order valence-electron chi connectivity index (χ1n) is 5.98. The third-order valence-electron chi connectivity index (χ3n) is 3.38. The van der Waals surface area contributed by atoms with Crippen molar-refractivity contribution in [1.29, 1.82) is 5.26 Å². The highest BCUT2D eigenvalue weighted by atomic mass is 19.4. The zero-order valence-electron chi connectivity index (χ0n) is 10.4. The molecule has 2 rings (SSSR count). The van der Waals surface area contributed by atoms with Crippen LogP contribution in [0.3, 0.4) is 0 Å². The second-order valence-electron chi connectivity index (χ2n) is 4.67. The number of carbonyl (C=O) groups is 1. The minimum Gasteiger partial charge on any atom is -0.371 e. The number of hydrogen-bond donors (Lipinski definition) is 1. The summed E-state index contributed by atoms with van der Waals surface area (Å²) >= 11 is 0. The first-order chi connectivity index (χ1) is 9.32. The van der Waals surface area contributed by atoms with Crippen LogP contribution in [0.2, 0.25) is 0 Å². The van der Waals surface area contributed by atoms with E-state index < -0.39 is 23.2 Å². The first kappa shape index (κ1) is 14.2. The van der Waals surface area contributed by atoms with Crippen LogP contribution in [0.4, 0.5) is 18.9 Å². The fourth-order valence-electron chi connectivity index (χ4n) is 2.30. The van der Waals surface area contributed by atoms with Crippen LogP contribution in [0.25, 0.3) is 0 Å². The molecule has 1 atom stereocenters. The Bertz CT molecular complexity index is 577. The minimum absolute atomic E-state index is 0.303. The van der Waals surface area contributed by atoms with E-state index in [-0.39, 0.29) is 5.92 Å². The Morgan fingerprint density at radius 3 is 2.65 bits per heavy atom. The topological polar surface area (TPSA) is 70.1 Å². The molecule has 0 aromatic heterocycles. The van der Waals surface area contributed by atoms with Gasteiger partial charge in [0.2, 0.25) is 5.91 Å². The van der Waals surface area contributed by atoms with E-state index in [1.54, 1.807) is 11.0 Å². The van der Waals surface area contributed by atoms with Crippen LogP contribution in [-0.2, 0) is 11.0 Å². The van der Waals surface area contributed by atoms with Gasteiger partial charge < -0.3 is 10.6 Å². The predicted molar refractivity (Wildman–Crippen MR) is 65.7 cm³/mol. The Morgan fingerprint density at radius 1 is 1.45 bits per heavy atom. The number of nitrogens with two attached hydrogens (primary N) is 1.